The summed E-state index contributed by atoms with van der Waals surface area (Å²) in [4.78, 5) is 2.39. The molecular formula is C13H28N2O3. The zero-order chi connectivity index (χ0) is 13.8. The first-order valence-electron chi connectivity index (χ1n) is 6.59. The van der Waals surface area contributed by atoms with Gasteiger partial charge in [0.15, 0.2) is 6.29 Å². The molecular weight excluding hydrogens is 232 g/mol. The number of methoxy groups -OCH3 is 2. The van der Waals surface area contributed by atoms with Crippen molar-refractivity contribution in [3.8, 4) is 0 Å². The van der Waals surface area contributed by atoms with E-state index in [1.165, 1.54) is 0 Å². The Morgan fingerprint density at radius 3 is 2.44 bits per heavy atom. The quantitative estimate of drug-likeness (QED) is 0.717. The minimum absolute atomic E-state index is 0.124. The fourth-order valence-corrected chi connectivity index (χ4v) is 2.69. The molecule has 1 fully saturated rings. The summed E-state index contributed by atoms with van der Waals surface area (Å²) in [5, 5.41) is 0. The van der Waals surface area contributed by atoms with Gasteiger partial charge >= 0.3 is 0 Å². The number of ether oxygens (including phenoxy) is 3. The molecule has 1 heterocycles. The lowest BCUT2D eigenvalue weighted by Crippen LogP contribution is -2.57. The van der Waals surface area contributed by atoms with Crippen LogP contribution in [-0.4, -0.2) is 62.8 Å². The molecule has 0 aliphatic carbocycles. The summed E-state index contributed by atoms with van der Waals surface area (Å²) in [6.45, 7) is 8.74. The molecule has 1 saturated heterocycles. The highest BCUT2D eigenvalue weighted by Gasteiger charge is 2.35. The Labute approximate surface area is 111 Å². The lowest BCUT2D eigenvalue weighted by molar-refractivity contribution is -0.154. The zero-order valence-corrected chi connectivity index (χ0v) is 12.3. The summed E-state index contributed by atoms with van der Waals surface area (Å²) in [5.74, 6) is 0. The van der Waals surface area contributed by atoms with Gasteiger partial charge in [0.2, 0.25) is 0 Å². The Hall–Kier alpha value is -0.200. The smallest absolute Gasteiger partial charge is 0.158 e. The number of hydrogen-bond donors (Lipinski definition) is 1. The number of hydrogen-bond acceptors (Lipinski definition) is 5. The second kappa shape index (κ2) is 6.82. The number of nitrogens with two attached hydrogens (primary N) is 1. The lowest BCUT2D eigenvalue weighted by atomic mass is 10.0. The largest absolute Gasteiger partial charge is 0.370 e. The van der Waals surface area contributed by atoms with Gasteiger partial charge < -0.3 is 19.9 Å². The van der Waals surface area contributed by atoms with Crippen LogP contribution in [0, 0.1) is 0 Å². The monoisotopic (exact) mass is 260 g/mol. The predicted octanol–water partition coefficient (Wildman–Crippen LogP) is 0.822. The Morgan fingerprint density at radius 1 is 1.39 bits per heavy atom. The molecule has 1 aliphatic heterocycles. The van der Waals surface area contributed by atoms with E-state index in [4.69, 9.17) is 19.9 Å². The van der Waals surface area contributed by atoms with Gasteiger partial charge in [0.1, 0.15) is 0 Å². The van der Waals surface area contributed by atoms with Crippen LogP contribution < -0.4 is 5.73 Å². The molecule has 5 heteroatoms. The van der Waals surface area contributed by atoms with Crippen molar-refractivity contribution in [3.63, 3.8) is 0 Å². The van der Waals surface area contributed by atoms with Gasteiger partial charge in [-0.05, 0) is 20.8 Å². The van der Waals surface area contributed by atoms with Gasteiger partial charge in [-0.2, -0.15) is 0 Å². The van der Waals surface area contributed by atoms with Crippen molar-refractivity contribution >= 4 is 0 Å². The lowest BCUT2D eigenvalue weighted by Gasteiger charge is -2.45. The number of rotatable bonds is 6. The van der Waals surface area contributed by atoms with Crippen LogP contribution in [0.5, 0.6) is 0 Å². The molecule has 0 aromatic rings. The summed E-state index contributed by atoms with van der Waals surface area (Å²) in [5.41, 5.74) is 5.78. The van der Waals surface area contributed by atoms with Crippen LogP contribution in [0.3, 0.4) is 0 Å². The van der Waals surface area contributed by atoms with E-state index in [-0.39, 0.29) is 24.0 Å². The maximum atomic E-state index is 5.91. The average molecular weight is 260 g/mol. The molecule has 2 N–H and O–H groups in total. The van der Waals surface area contributed by atoms with Crippen LogP contribution in [-0.2, 0) is 14.2 Å². The first-order valence-corrected chi connectivity index (χ1v) is 6.59. The van der Waals surface area contributed by atoms with Crippen LogP contribution in [0.2, 0.25) is 0 Å². The molecule has 1 aliphatic rings. The highest BCUT2D eigenvalue weighted by molar-refractivity contribution is 4.87. The standard InChI is InChI=1S/C13H28N2O3/c1-10-8-15(9-13(2,3)18-10)11(7-14)6-12(16-4)17-5/h10-12H,6-9,14H2,1-5H3. The molecule has 18 heavy (non-hydrogen) atoms. The van der Waals surface area contributed by atoms with Crippen LogP contribution in [0.15, 0.2) is 0 Å². The minimum atomic E-state index is -0.195. The van der Waals surface area contributed by atoms with E-state index in [1.807, 2.05) is 0 Å². The molecule has 5 nitrogen and oxygen atoms in total. The Bertz CT molecular complexity index is 244. The van der Waals surface area contributed by atoms with E-state index in [0.717, 1.165) is 19.5 Å². The van der Waals surface area contributed by atoms with Crippen molar-refractivity contribution in [2.45, 2.75) is 51.2 Å². The van der Waals surface area contributed by atoms with Crippen molar-refractivity contribution in [1.82, 2.24) is 4.90 Å². The Kier molecular flexibility index (Phi) is 6.01. The predicted molar refractivity (Wildman–Crippen MR) is 71.5 cm³/mol. The topological polar surface area (TPSA) is 57.0 Å². The van der Waals surface area contributed by atoms with E-state index in [2.05, 4.69) is 25.7 Å². The molecule has 0 amide bonds. The van der Waals surface area contributed by atoms with Crippen molar-refractivity contribution in [2.75, 3.05) is 33.9 Å². The molecule has 0 saturated carbocycles. The summed E-state index contributed by atoms with van der Waals surface area (Å²) in [6.07, 6.45) is 0.818. The molecule has 1 rings (SSSR count). The Balaban J connectivity index is 2.63. The molecule has 2 atom stereocenters. The normalized spacial score (nSPS) is 26.5. The number of nitrogens with zero attached hydrogens (tertiary/aromatic N) is 1. The van der Waals surface area contributed by atoms with E-state index in [9.17, 15) is 0 Å². The van der Waals surface area contributed by atoms with Crippen molar-refractivity contribution < 1.29 is 14.2 Å². The van der Waals surface area contributed by atoms with Gasteiger partial charge in [-0.3, -0.25) is 4.90 Å². The number of morpholine rings is 1. The van der Waals surface area contributed by atoms with Crippen LogP contribution in [0.4, 0.5) is 0 Å². The summed E-state index contributed by atoms with van der Waals surface area (Å²) in [7, 11) is 3.32. The highest BCUT2D eigenvalue weighted by atomic mass is 16.7. The third kappa shape index (κ3) is 4.48. The second-order valence-electron chi connectivity index (χ2n) is 5.64. The van der Waals surface area contributed by atoms with Crippen LogP contribution in [0.1, 0.15) is 27.2 Å². The first kappa shape index (κ1) is 15.9. The van der Waals surface area contributed by atoms with Gasteiger partial charge in [0, 0.05) is 46.3 Å². The minimum Gasteiger partial charge on any atom is -0.370 e. The average Bonchev–Trinajstić information content (AvgIpc) is 2.28. The van der Waals surface area contributed by atoms with Gasteiger partial charge in [0.25, 0.3) is 0 Å². The van der Waals surface area contributed by atoms with E-state index >= 15 is 0 Å². The zero-order valence-electron chi connectivity index (χ0n) is 12.3. The van der Waals surface area contributed by atoms with Crippen molar-refractivity contribution in [1.29, 1.82) is 0 Å². The van der Waals surface area contributed by atoms with Gasteiger partial charge in [0.05, 0.1) is 11.7 Å². The van der Waals surface area contributed by atoms with Gasteiger partial charge in [-0.1, -0.05) is 0 Å². The molecule has 108 valence electrons. The third-order valence-corrected chi connectivity index (χ3v) is 3.37. The second-order valence-corrected chi connectivity index (χ2v) is 5.64. The van der Waals surface area contributed by atoms with Gasteiger partial charge in [-0.15, -0.1) is 0 Å². The fraction of sp³-hybridized carbons (Fsp3) is 1.00. The molecule has 2 unspecified atom stereocenters. The first-order chi connectivity index (χ1) is 8.41. The van der Waals surface area contributed by atoms with E-state index in [0.29, 0.717) is 6.54 Å². The van der Waals surface area contributed by atoms with Crippen LogP contribution in [0.25, 0.3) is 0 Å². The third-order valence-electron chi connectivity index (χ3n) is 3.37. The van der Waals surface area contributed by atoms with Gasteiger partial charge in [-0.25, -0.2) is 0 Å². The van der Waals surface area contributed by atoms with Crippen molar-refractivity contribution in [2.24, 2.45) is 5.73 Å². The maximum Gasteiger partial charge on any atom is 0.158 e. The molecule has 0 bridgehead atoms. The summed E-state index contributed by atoms with van der Waals surface area (Å²) < 4.78 is 16.4. The molecule has 0 aromatic carbocycles. The SMILES string of the molecule is COC(CC(CN)N1CC(C)OC(C)(C)C1)OC. The summed E-state index contributed by atoms with van der Waals surface area (Å²) in [6, 6.07) is 0.264. The molecule has 0 radical (unpaired) electrons. The molecule has 0 aromatic heterocycles. The fourth-order valence-electron chi connectivity index (χ4n) is 2.69. The molecule has 0 spiro atoms. The highest BCUT2D eigenvalue weighted by Crippen LogP contribution is 2.23. The summed E-state index contributed by atoms with van der Waals surface area (Å²) >= 11 is 0. The Morgan fingerprint density at radius 2 is 2.00 bits per heavy atom. The maximum absolute atomic E-state index is 5.91. The van der Waals surface area contributed by atoms with E-state index in [1.54, 1.807) is 14.2 Å². The van der Waals surface area contributed by atoms with Crippen LogP contribution >= 0.6 is 0 Å². The van der Waals surface area contributed by atoms with E-state index < -0.39 is 0 Å². The van der Waals surface area contributed by atoms with Crippen molar-refractivity contribution in [3.05, 3.63) is 0 Å².